The second-order valence-corrected chi connectivity index (χ2v) is 8.11. The number of nitrogens with one attached hydrogen (secondary N) is 1. The lowest BCUT2D eigenvalue weighted by atomic mass is 10.1. The molecule has 0 atom stereocenters. The van der Waals surface area contributed by atoms with Crippen molar-refractivity contribution in [3.05, 3.63) is 76.7 Å². The zero-order valence-corrected chi connectivity index (χ0v) is 18.6. The molecule has 1 heterocycles. The first kappa shape index (κ1) is 21.6. The number of benzene rings is 3. The van der Waals surface area contributed by atoms with Crippen LogP contribution >= 0.6 is 11.8 Å². The van der Waals surface area contributed by atoms with Crippen molar-refractivity contribution in [2.24, 2.45) is 4.99 Å². The predicted octanol–water partition coefficient (Wildman–Crippen LogP) is 4.92. The van der Waals surface area contributed by atoms with Crippen molar-refractivity contribution < 1.29 is 19.1 Å². The SMILES string of the molecule is CCOc1cc(C=C2SC(NC(C)=O)=NC2=O)ccc1OCc1cccc2ccccc12. The Labute approximate surface area is 190 Å². The highest BCUT2D eigenvalue weighted by atomic mass is 32.2. The summed E-state index contributed by atoms with van der Waals surface area (Å²) in [6, 6.07) is 19.9. The lowest BCUT2D eigenvalue weighted by molar-refractivity contribution is -0.117. The second kappa shape index (κ2) is 9.70. The third-order valence-electron chi connectivity index (χ3n) is 4.73. The van der Waals surface area contributed by atoms with E-state index < -0.39 is 0 Å². The Morgan fingerprint density at radius 1 is 1.06 bits per heavy atom. The molecule has 0 saturated heterocycles. The van der Waals surface area contributed by atoms with Gasteiger partial charge in [0, 0.05) is 6.92 Å². The van der Waals surface area contributed by atoms with Gasteiger partial charge in [-0.05, 0) is 58.8 Å². The van der Waals surface area contributed by atoms with Crippen molar-refractivity contribution in [2.45, 2.75) is 20.5 Å². The molecule has 1 N–H and O–H groups in total. The van der Waals surface area contributed by atoms with Crippen LogP contribution in [-0.4, -0.2) is 23.6 Å². The van der Waals surface area contributed by atoms with E-state index in [9.17, 15) is 9.59 Å². The minimum atomic E-state index is -0.381. The average Bonchev–Trinajstić information content (AvgIpc) is 3.11. The predicted molar refractivity (Wildman–Crippen MR) is 128 cm³/mol. The van der Waals surface area contributed by atoms with E-state index in [-0.39, 0.29) is 17.0 Å². The number of amidine groups is 1. The minimum Gasteiger partial charge on any atom is -0.490 e. The molecule has 0 bridgehead atoms. The van der Waals surface area contributed by atoms with Crippen LogP contribution in [-0.2, 0) is 16.2 Å². The number of nitrogens with zero attached hydrogens (tertiary/aromatic N) is 1. The summed E-state index contributed by atoms with van der Waals surface area (Å²) in [6.07, 6.45) is 1.72. The molecule has 2 amide bonds. The minimum absolute atomic E-state index is 0.267. The zero-order chi connectivity index (χ0) is 22.5. The van der Waals surface area contributed by atoms with E-state index in [0.717, 1.165) is 28.3 Å². The van der Waals surface area contributed by atoms with Crippen LogP contribution in [0, 0.1) is 0 Å². The van der Waals surface area contributed by atoms with Crippen LogP contribution in [0.3, 0.4) is 0 Å². The van der Waals surface area contributed by atoms with E-state index in [1.54, 1.807) is 6.08 Å². The van der Waals surface area contributed by atoms with Gasteiger partial charge < -0.3 is 14.8 Å². The molecular weight excluding hydrogens is 424 g/mol. The van der Waals surface area contributed by atoms with Crippen molar-refractivity contribution in [1.82, 2.24) is 5.32 Å². The average molecular weight is 447 g/mol. The monoisotopic (exact) mass is 446 g/mol. The van der Waals surface area contributed by atoms with Gasteiger partial charge in [0.05, 0.1) is 11.5 Å². The first-order valence-electron chi connectivity index (χ1n) is 10.2. The first-order valence-corrected chi connectivity index (χ1v) is 11.0. The van der Waals surface area contributed by atoms with Crippen LogP contribution < -0.4 is 14.8 Å². The normalized spacial score (nSPS) is 14.5. The molecule has 0 unspecified atom stereocenters. The number of carbonyl (C=O) groups excluding carboxylic acids is 2. The standard InChI is InChI=1S/C25H22N2O4S/c1-3-30-22-13-17(14-23-24(29)27-25(32-23)26-16(2)28)11-12-21(22)31-15-19-9-6-8-18-7-4-5-10-20(18)19/h4-14H,3,15H2,1-2H3,(H,26,27,28,29). The summed E-state index contributed by atoms with van der Waals surface area (Å²) < 4.78 is 11.9. The Balaban J connectivity index is 1.53. The summed E-state index contributed by atoms with van der Waals surface area (Å²) in [5.41, 5.74) is 1.87. The largest absolute Gasteiger partial charge is 0.490 e. The van der Waals surface area contributed by atoms with E-state index >= 15 is 0 Å². The first-order chi connectivity index (χ1) is 15.5. The fourth-order valence-electron chi connectivity index (χ4n) is 3.34. The quantitative estimate of drug-likeness (QED) is 0.544. The molecule has 0 spiro atoms. The maximum absolute atomic E-state index is 12.1. The van der Waals surface area contributed by atoms with E-state index in [0.29, 0.717) is 29.6 Å². The van der Waals surface area contributed by atoms with Gasteiger partial charge in [0.2, 0.25) is 5.91 Å². The van der Waals surface area contributed by atoms with Crippen LogP contribution in [0.2, 0.25) is 0 Å². The lowest BCUT2D eigenvalue weighted by Crippen LogP contribution is -2.23. The maximum Gasteiger partial charge on any atom is 0.286 e. The molecule has 162 valence electrons. The molecular formula is C25H22N2O4S. The molecule has 0 aliphatic carbocycles. The number of ether oxygens (including phenoxy) is 2. The summed E-state index contributed by atoms with van der Waals surface area (Å²) in [4.78, 5) is 27.6. The van der Waals surface area contributed by atoms with E-state index in [4.69, 9.17) is 9.47 Å². The molecule has 1 aliphatic heterocycles. The van der Waals surface area contributed by atoms with Gasteiger partial charge in [-0.2, -0.15) is 4.99 Å². The van der Waals surface area contributed by atoms with Gasteiger partial charge in [-0.15, -0.1) is 0 Å². The summed E-state index contributed by atoms with van der Waals surface area (Å²) >= 11 is 1.13. The number of hydrogen-bond donors (Lipinski definition) is 1. The Morgan fingerprint density at radius 2 is 1.88 bits per heavy atom. The molecule has 0 saturated carbocycles. The zero-order valence-electron chi connectivity index (χ0n) is 17.8. The highest BCUT2D eigenvalue weighted by Gasteiger charge is 2.22. The fourth-order valence-corrected chi connectivity index (χ4v) is 4.20. The Kier molecular flexibility index (Phi) is 6.56. The van der Waals surface area contributed by atoms with Gasteiger partial charge in [0.25, 0.3) is 5.91 Å². The van der Waals surface area contributed by atoms with Gasteiger partial charge in [-0.3, -0.25) is 9.59 Å². The third kappa shape index (κ3) is 5.00. The van der Waals surface area contributed by atoms with Gasteiger partial charge in [-0.1, -0.05) is 48.5 Å². The van der Waals surface area contributed by atoms with Crippen molar-refractivity contribution >= 4 is 45.6 Å². The third-order valence-corrected chi connectivity index (χ3v) is 5.63. The van der Waals surface area contributed by atoms with E-state index in [1.807, 2.05) is 43.3 Å². The van der Waals surface area contributed by atoms with Crippen molar-refractivity contribution in [3.63, 3.8) is 0 Å². The summed E-state index contributed by atoms with van der Waals surface area (Å²) in [5.74, 6) is 0.577. The molecule has 0 radical (unpaired) electrons. The van der Waals surface area contributed by atoms with Gasteiger partial charge in [0.1, 0.15) is 6.61 Å². The number of amides is 2. The molecule has 6 nitrogen and oxygen atoms in total. The molecule has 3 aromatic rings. The number of aliphatic imine (C=N–C) groups is 1. The smallest absolute Gasteiger partial charge is 0.286 e. The van der Waals surface area contributed by atoms with Gasteiger partial charge in [-0.25, -0.2) is 0 Å². The van der Waals surface area contributed by atoms with Crippen LogP contribution in [0.15, 0.2) is 70.6 Å². The molecule has 32 heavy (non-hydrogen) atoms. The molecule has 0 aromatic heterocycles. The van der Waals surface area contributed by atoms with E-state index in [1.165, 1.54) is 12.3 Å². The van der Waals surface area contributed by atoms with Crippen LogP contribution in [0.4, 0.5) is 0 Å². The van der Waals surface area contributed by atoms with Crippen molar-refractivity contribution in [2.75, 3.05) is 6.61 Å². The maximum atomic E-state index is 12.1. The topological polar surface area (TPSA) is 77.0 Å². The summed E-state index contributed by atoms with van der Waals surface area (Å²) in [7, 11) is 0. The highest BCUT2D eigenvalue weighted by molar-refractivity contribution is 8.18. The summed E-state index contributed by atoms with van der Waals surface area (Å²) in [5, 5.41) is 5.15. The van der Waals surface area contributed by atoms with Crippen LogP contribution in [0.1, 0.15) is 25.0 Å². The molecule has 4 rings (SSSR count). The number of thioether (sulfide) groups is 1. The number of hydrogen-bond acceptors (Lipinski definition) is 5. The Morgan fingerprint density at radius 3 is 2.69 bits per heavy atom. The summed E-state index contributed by atoms with van der Waals surface area (Å²) in [6.45, 7) is 4.17. The second-order valence-electron chi connectivity index (χ2n) is 7.08. The highest BCUT2D eigenvalue weighted by Crippen LogP contribution is 2.33. The van der Waals surface area contributed by atoms with Gasteiger partial charge >= 0.3 is 0 Å². The van der Waals surface area contributed by atoms with Crippen molar-refractivity contribution in [1.29, 1.82) is 0 Å². The lowest BCUT2D eigenvalue weighted by Gasteiger charge is -2.14. The van der Waals surface area contributed by atoms with Crippen LogP contribution in [0.25, 0.3) is 16.8 Å². The fraction of sp³-hybridized carbons (Fsp3) is 0.160. The van der Waals surface area contributed by atoms with Crippen molar-refractivity contribution in [3.8, 4) is 11.5 Å². The van der Waals surface area contributed by atoms with E-state index in [2.05, 4.69) is 34.6 Å². The molecule has 1 aliphatic rings. The Bertz CT molecular complexity index is 1240. The Hall–Kier alpha value is -3.58. The molecule has 7 heteroatoms. The van der Waals surface area contributed by atoms with Crippen LogP contribution in [0.5, 0.6) is 11.5 Å². The van der Waals surface area contributed by atoms with Gasteiger partial charge in [0.15, 0.2) is 16.7 Å². The number of rotatable bonds is 6. The number of carbonyl (C=O) groups is 2. The molecule has 0 fully saturated rings. The molecule has 3 aromatic carbocycles. The number of fused-ring (bicyclic) bond motifs is 1.